The lowest BCUT2D eigenvalue weighted by Gasteiger charge is -2.28. The van der Waals surface area contributed by atoms with Gasteiger partial charge in [0.25, 0.3) is 0 Å². The quantitative estimate of drug-likeness (QED) is 0.498. The van der Waals surface area contributed by atoms with Gasteiger partial charge >= 0.3 is 7.12 Å². The third-order valence-electron chi connectivity index (χ3n) is 5.47. The number of rotatable bonds is 5. The largest absolute Gasteiger partial charge is 0.451 e. The van der Waals surface area contributed by atoms with E-state index < -0.39 is 7.12 Å². The number of hydrogen-bond donors (Lipinski definition) is 4. The Morgan fingerprint density at radius 1 is 1.33 bits per heavy atom. The molecule has 1 amide bonds. The first-order valence-corrected chi connectivity index (χ1v) is 8.22. The summed E-state index contributed by atoms with van der Waals surface area (Å²) in [5.74, 6) is 0.255. The summed E-state index contributed by atoms with van der Waals surface area (Å²) >= 11 is 0. The van der Waals surface area contributed by atoms with E-state index in [-0.39, 0.29) is 17.4 Å². The van der Waals surface area contributed by atoms with Gasteiger partial charge in [-0.2, -0.15) is 0 Å². The SMILES string of the molecule is O=C([C@@H]1CCCN1)N1C[C@@H]2NCC[C@]2(CCCB(O)O)C1. The van der Waals surface area contributed by atoms with Crippen molar-refractivity contribution in [1.29, 1.82) is 0 Å². The lowest BCUT2D eigenvalue weighted by Crippen LogP contribution is -2.44. The molecule has 0 aromatic rings. The van der Waals surface area contributed by atoms with Crippen LogP contribution in [-0.2, 0) is 4.79 Å². The Morgan fingerprint density at radius 2 is 2.19 bits per heavy atom. The highest BCUT2D eigenvalue weighted by Gasteiger charge is 2.50. The van der Waals surface area contributed by atoms with Crippen LogP contribution in [0.1, 0.15) is 32.1 Å². The first-order chi connectivity index (χ1) is 10.1. The second-order valence-corrected chi connectivity index (χ2v) is 6.86. The van der Waals surface area contributed by atoms with Crippen LogP contribution in [0.3, 0.4) is 0 Å². The topological polar surface area (TPSA) is 84.8 Å². The molecule has 6 nitrogen and oxygen atoms in total. The maximum Gasteiger partial charge on any atom is 0.451 e. The molecule has 3 saturated heterocycles. The standard InChI is InChI=1S/C14H26BN3O3/c19-13(11-3-1-7-16-11)18-9-12-14(10-18,5-8-17-12)4-2-6-15(20)21/h11-12,16-17,20-21H,1-10H2/t11-,12-,14+/m0/s1. The number of carbonyl (C=O) groups excluding carboxylic acids is 1. The van der Waals surface area contributed by atoms with Crippen molar-refractivity contribution in [2.45, 2.75) is 50.5 Å². The van der Waals surface area contributed by atoms with E-state index >= 15 is 0 Å². The van der Waals surface area contributed by atoms with Gasteiger partial charge in [-0.05, 0) is 45.1 Å². The van der Waals surface area contributed by atoms with E-state index in [2.05, 4.69) is 10.6 Å². The first kappa shape index (κ1) is 15.3. The molecular formula is C14H26BN3O3. The van der Waals surface area contributed by atoms with E-state index in [1.807, 2.05) is 4.90 Å². The Hall–Kier alpha value is -0.625. The van der Waals surface area contributed by atoms with Gasteiger partial charge in [-0.15, -0.1) is 0 Å². The summed E-state index contributed by atoms with van der Waals surface area (Å²) in [5.41, 5.74) is 0.142. The molecule has 3 atom stereocenters. The molecule has 3 heterocycles. The Morgan fingerprint density at radius 3 is 2.90 bits per heavy atom. The van der Waals surface area contributed by atoms with Crippen molar-refractivity contribution in [3.05, 3.63) is 0 Å². The van der Waals surface area contributed by atoms with Crippen molar-refractivity contribution in [1.82, 2.24) is 15.5 Å². The van der Waals surface area contributed by atoms with Crippen LogP contribution in [0.15, 0.2) is 0 Å². The van der Waals surface area contributed by atoms with Crippen LogP contribution in [0.2, 0.25) is 6.32 Å². The average molecular weight is 295 g/mol. The average Bonchev–Trinajstić information content (AvgIpc) is 3.12. The summed E-state index contributed by atoms with van der Waals surface area (Å²) in [6.45, 7) is 3.59. The van der Waals surface area contributed by atoms with Gasteiger partial charge in [-0.1, -0.05) is 6.42 Å². The number of carbonyl (C=O) groups is 1. The van der Waals surface area contributed by atoms with E-state index in [9.17, 15) is 4.79 Å². The normalized spacial score (nSPS) is 35.2. The zero-order chi connectivity index (χ0) is 14.9. The zero-order valence-corrected chi connectivity index (χ0v) is 12.6. The Balaban J connectivity index is 1.60. The van der Waals surface area contributed by atoms with E-state index in [1.54, 1.807) is 0 Å². The molecule has 0 saturated carbocycles. The molecule has 0 bridgehead atoms. The molecule has 0 aromatic carbocycles. The zero-order valence-electron chi connectivity index (χ0n) is 12.6. The van der Waals surface area contributed by atoms with Crippen LogP contribution in [0.5, 0.6) is 0 Å². The van der Waals surface area contributed by atoms with Crippen LogP contribution in [0.4, 0.5) is 0 Å². The molecule has 118 valence electrons. The van der Waals surface area contributed by atoms with Gasteiger partial charge in [0, 0.05) is 24.5 Å². The molecule has 3 rings (SSSR count). The van der Waals surface area contributed by atoms with Crippen molar-refractivity contribution in [3.8, 4) is 0 Å². The minimum atomic E-state index is -1.21. The molecule has 21 heavy (non-hydrogen) atoms. The summed E-state index contributed by atoms with van der Waals surface area (Å²) in [6.07, 6.45) is 5.32. The Labute approximate surface area is 126 Å². The van der Waals surface area contributed by atoms with Crippen LogP contribution in [-0.4, -0.2) is 66.2 Å². The van der Waals surface area contributed by atoms with Crippen molar-refractivity contribution in [2.24, 2.45) is 5.41 Å². The molecule has 7 heteroatoms. The second-order valence-electron chi connectivity index (χ2n) is 6.86. The fourth-order valence-corrected chi connectivity index (χ4v) is 4.30. The Kier molecular flexibility index (Phi) is 4.54. The van der Waals surface area contributed by atoms with Gasteiger partial charge in [-0.3, -0.25) is 4.79 Å². The van der Waals surface area contributed by atoms with Gasteiger partial charge in [0.15, 0.2) is 0 Å². The van der Waals surface area contributed by atoms with Gasteiger partial charge in [0.1, 0.15) is 0 Å². The molecule has 0 unspecified atom stereocenters. The fourth-order valence-electron chi connectivity index (χ4n) is 4.30. The summed E-state index contributed by atoms with van der Waals surface area (Å²) in [4.78, 5) is 14.6. The first-order valence-electron chi connectivity index (χ1n) is 8.22. The number of hydrogen-bond acceptors (Lipinski definition) is 5. The monoisotopic (exact) mass is 295 g/mol. The van der Waals surface area contributed by atoms with Crippen LogP contribution in [0.25, 0.3) is 0 Å². The predicted molar refractivity (Wildman–Crippen MR) is 80.7 cm³/mol. The molecule has 3 aliphatic heterocycles. The third kappa shape index (κ3) is 3.11. The molecule has 0 aromatic heterocycles. The summed E-state index contributed by atoms with van der Waals surface area (Å²) in [6, 6.07) is 0.388. The molecule has 0 aliphatic carbocycles. The van der Waals surface area contributed by atoms with E-state index in [1.165, 1.54) is 0 Å². The van der Waals surface area contributed by atoms with Gasteiger partial charge in [-0.25, -0.2) is 0 Å². The van der Waals surface area contributed by atoms with Gasteiger partial charge < -0.3 is 25.6 Å². The van der Waals surface area contributed by atoms with Crippen LogP contribution < -0.4 is 10.6 Å². The minimum Gasteiger partial charge on any atom is -0.427 e. The van der Waals surface area contributed by atoms with Crippen molar-refractivity contribution < 1.29 is 14.8 Å². The third-order valence-corrected chi connectivity index (χ3v) is 5.47. The highest BCUT2D eigenvalue weighted by Crippen LogP contribution is 2.42. The number of nitrogens with zero attached hydrogens (tertiary/aromatic N) is 1. The van der Waals surface area contributed by atoms with E-state index in [0.29, 0.717) is 12.4 Å². The second kappa shape index (κ2) is 6.24. The van der Waals surface area contributed by atoms with E-state index in [0.717, 1.165) is 58.3 Å². The molecule has 0 spiro atoms. The number of likely N-dealkylation sites (tertiary alicyclic amines) is 1. The van der Waals surface area contributed by atoms with Gasteiger partial charge in [0.2, 0.25) is 5.91 Å². The number of nitrogens with one attached hydrogen (secondary N) is 2. The molecule has 4 N–H and O–H groups in total. The summed E-state index contributed by atoms with van der Waals surface area (Å²) in [5, 5.41) is 24.9. The predicted octanol–water partition coefficient (Wildman–Crippen LogP) is -0.818. The minimum absolute atomic E-state index is 0.0140. The maximum absolute atomic E-state index is 12.6. The van der Waals surface area contributed by atoms with Crippen molar-refractivity contribution in [2.75, 3.05) is 26.2 Å². The van der Waals surface area contributed by atoms with Crippen molar-refractivity contribution >= 4 is 13.0 Å². The van der Waals surface area contributed by atoms with Crippen LogP contribution in [0, 0.1) is 5.41 Å². The maximum atomic E-state index is 12.6. The molecule has 3 aliphatic rings. The fraction of sp³-hybridized carbons (Fsp3) is 0.929. The highest BCUT2D eigenvalue weighted by molar-refractivity contribution is 6.40. The molecular weight excluding hydrogens is 269 g/mol. The number of fused-ring (bicyclic) bond motifs is 1. The van der Waals surface area contributed by atoms with Crippen molar-refractivity contribution in [3.63, 3.8) is 0 Å². The summed E-state index contributed by atoms with van der Waals surface area (Å²) < 4.78 is 0. The molecule has 3 fully saturated rings. The van der Waals surface area contributed by atoms with Gasteiger partial charge in [0.05, 0.1) is 6.04 Å². The lowest BCUT2D eigenvalue weighted by molar-refractivity contribution is -0.132. The highest BCUT2D eigenvalue weighted by atomic mass is 16.4. The summed E-state index contributed by atoms with van der Waals surface area (Å²) in [7, 11) is -1.21. The Bertz CT molecular complexity index is 390. The van der Waals surface area contributed by atoms with E-state index in [4.69, 9.17) is 10.0 Å². The lowest BCUT2D eigenvalue weighted by atomic mass is 9.74. The number of amides is 1. The van der Waals surface area contributed by atoms with Crippen LogP contribution >= 0.6 is 0 Å². The molecule has 0 radical (unpaired) electrons. The smallest absolute Gasteiger partial charge is 0.427 e.